The summed E-state index contributed by atoms with van der Waals surface area (Å²) in [6, 6.07) is 4.54. The van der Waals surface area contributed by atoms with E-state index in [4.69, 9.17) is 5.73 Å². The number of hydrogen-bond acceptors (Lipinski definition) is 4. The molecule has 1 unspecified atom stereocenters. The van der Waals surface area contributed by atoms with Crippen LogP contribution in [0.15, 0.2) is 23.7 Å². The zero-order valence-corrected chi connectivity index (χ0v) is 13.9. The molecule has 0 radical (unpaired) electrons. The maximum Gasteiger partial charge on any atom is 0.107 e. The molecule has 0 bridgehead atoms. The van der Waals surface area contributed by atoms with E-state index in [1.165, 1.54) is 10.4 Å². The van der Waals surface area contributed by atoms with Crippen molar-refractivity contribution in [3.05, 3.63) is 29.3 Å². The van der Waals surface area contributed by atoms with Crippen LogP contribution in [0.25, 0.3) is 10.6 Å². The number of piperidine rings is 1. The van der Waals surface area contributed by atoms with Crippen molar-refractivity contribution in [3.8, 4) is 10.6 Å². The second-order valence-corrected chi connectivity index (χ2v) is 7.70. The lowest BCUT2D eigenvalue weighted by atomic mass is 9.79. The summed E-state index contributed by atoms with van der Waals surface area (Å²) in [4.78, 5) is 3.76. The van der Waals surface area contributed by atoms with Gasteiger partial charge in [-0.25, -0.2) is 0 Å². The highest BCUT2D eigenvalue weighted by Crippen LogP contribution is 2.31. The molecule has 2 N–H and O–H groups in total. The Morgan fingerprint density at radius 1 is 1.48 bits per heavy atom. The fourth-order valence-electron chi connectivity index (χ4n) is 3.13. The van der Waals surface area contributed by atoms with Crippen LogP contribution in [0.4, 0.5) is 0 Å². The van der Waals surface area contributed by atoms with Crippen molar-refractivity contribution in [2.24, 2.45) is 18.2 Å². The van der Waals surface area contributed by atoms with Crippen molar-refractivity contribution in [3.63, 3.8) is 0 Å². The lowest BCUT2D eigenvalue weighted by molar-refractivity contribution is 0.0900. The van der Waals surface area contributed by atoms with Gasteiger partial charge in [0, 0.05) is 44.5 Å². The molecule has 1 atom stereocenters. The Balaban J connectivity index is 1.80. The third-order valence-corrected chi connectivity index (χ3v) is 5.32. The van der Waals surface area contributed by atoms with E-state index >= 15 is 0 Å². The predicted octanol–water partition coefficient (Wildman–Crippen LogP) is 2.71. The molecule has 1 aliphatic rings. The van der Waals surface area contributed by atoms with Crippen molar-refractivity contribution < 1.29 is 0 Å². The first-order valence-corrected chi connectivity index (χ1v) is 8.38. The van der Waals surface area contributed by atoms with Crippen molar-refractivity contribution >= 4 is 11.3 Å². The van der Waals surface area contributed by atoms with Crippen LogP contribution >= 0.6 is 11.3 Å². The third-order valence-electron chi connectivity index (χ3n) is 4.44. The summed E-state index contributed by atoms with van der Waals surface area (Å²) < 4.78 is 1.92. The van der Waals surface area contributed by atoms with Gasteiger partial charge in [0.25, 0.3) is 0 Å². The predicted molar refractivity (Wildman–Crippen MR) is 88.2 cm³/mol. The Bertz CT molecular complexity index is 600. The average molecular weight is 304 g/mol. The Morgan fingerprint density at radius 3 is 2.95 bits per heavy atom. The van der Waals surface area contributed by atoms with Crippen LogP contribution in [0.1, 0.15) is 25.8 Å². The molecule has 2 aromatic heterocycles. The largest absolute Gasteiger partial charge is 0.327 e. The molecule has 114 valence electrons. The zero-order valence-electron chi connectivity index (χ0n) is 13.0. The van der Waals surface area contributed by atoms with Crippen LogP contribution in [-0.2, 0) is 13.6 Å². The van der Waals surface area contributed by atoms with E-state index < -0.39 is 0 Å². The minimum absolute atomic E-state index is 0.184. The number of hydrogen-bond donors (Lipinski definition) is 1. The second kappa shape index (κ2) is 5.55. The molecule has 4 nitrogen and oxygen atoms in total. The first-order chi connectivity index (χ1) is 9.95. The molecule has 21 heavy (non-hydrogen) atoms. The normalized spacial score (nSPS) is 22.6. The highest BCUT2D eigenvalue weighted by molar-refractivity contribution is 7.13. The molecule has 1 saturated heterocycles. The first-order valence-electron chi connectivity index (χ1n) is 7.50. The van der Waals surface area contributed by atoms with E-state index in [0.29, 0.717) is 6.04 Å². The monoisotopic (exact) mass is 304 g/mol. The van der Waals surface area contributed by atoms with Crippen LogP contribution in [0, 0.1) is 5.41 Å². The average Bonchev–Trinajstić information content (AvgIpc) is 3.03. The summed E-state index contributed by atoms with van der Waals surface area (Å²) in [5, 5.41) is 6.75. The van der Waals surface area contributed by atoms with Gasteiger partial charge in [-0.1, -0.05) is 19.9 Å². The Morgan fingerprint density at radius 2 is 2.29 bits per heavy atom. The van der Waals surface area contributed by atoms with Crippen LogP contribution in [0.5, 0.6) is 0 Å². The van der Waals surface area contributed by atoms with Gasteiger partial charge in [0.15, 0.2) is 0 Å². The van der Waals surface area contributed by atoms with Crippen LogP contribution in [-0.4, -0.2) is 33.8 Å². The van der Waals surface area contributed by atoms with Crippen LogP contribution in [0.3, 0.4) is 0 Å². The van der Waals surface area contributed by atoms with Crippen molar-refractivity contribution in [1.29, 1.82) is 0 Å². The number of aromatic nitrogens is 2. The third kappa shape index (κ3) is 3.05. The van der Waals surface area contributed by atoms with Gasteiger partial charge in [0.2, 0.25) is 0 Å². The Labute approximate surface area is 130 Å². The topological polar surface area (TPSA) is 47.1 Å². The highest BCUT2D eigenvalue weighted by atomic mass is 32.1. The van der Waals surface area contributed by atoms with E-state index in [2.05, 4.69) is 47.6 Å². The number of likely N-dealkylation sites (tertiary alicyclic amines) is 1. The lowest BCUT2D eigenvalue weighted by Crippen LogP contribution is -2.52. The van der Waals surface area contributed by atoms with Gasteiger partial charge in [-0.15, -0.1) is 11.3 Å². The van der Waals surface area contributed by atoms with E-state index in [0.717, 1.165) is 31.7 Å². The van der Waals surface area contributed by atoms with Gasteiger partial charge in [-0.05, 0) is 23.3 Å². The van der Waals surface area contributed by atoms with E-state index in [1.807, 2.05) is 11.7 Å². The molecular weight excluding hydrogens is 280 g/mol. The molecule has 0 amide bonds. The molecule has 5 heteroatoms. The molecule has 0 saturated carbocycles. The van der Waals surface area contributed by atoms with E-state index in [9.17, 15) is 0 Å². The van der Waals surface area contributed by atoms with Gasteiger partial charge in [0.05, 0.1) is 4.88 Å². The van der Waals surface area contributed by atoms with Crippen molar-refractivity contribution in [2.75, 3.05) is 13.1 Å². The van der Waals surface area contributed by atoms with Crippen molar-refractivity contribution in [2.45, 2.75) is 32.9 Å². The number of aryl methyl sites for hydroxylation is 1. The fraction of sp³-hybridized carbons (Fsp3) is 0.562. The van der Waals surface area contributed by atoms with Gasteiger partial charge in [-0.2, -0.15) is 5.10 Å². The SMILES string of the molecule is Cn1cc(CN2CCC(N)C(C)(C)C2)c(-c2cccs2)n1. The van der Waals surface area contributed by atoms with Crippen molar-refractivity contribution in [1.82, 2.24) is 14.7 Å². The summed E-state index contributed by atoms with van der Waals surface area (Å²) in [5.74, 6) is 0. The molecule has 0 aliphatic carbocycles. The molecule has 3 heterocycles. The van der Waals surface area contributed by atoms with Gasteiger partial charge >= 0.3 is 0 Å². The molecule has 0 spiro atoms. The maximum absolute atomic E-state index is 6.24. The summed E-state index contributed by atoms with van der Waals surface area (Å²) in [6.07, 6.45) is 3.22. The van der Waals surface area contributed by atoms with E-state index in [-0.39, 0.29) is 5.41 Å². The van der Waals surface area contributed by atoms with Crippen LogP contribution < -0.4 is 5.73 Å². The Kier molecular flexibility index (Phi) is 3.90. The van der Waals surface area contributed by atoms with E-state index in [1.54, 1.807) is 11.3 Å². The molecule has 1 aliphatic heterocycles. The molecule has 3 rings (SSSR count). The number of nitrogens with zero attached hydrogens (tertiary/aromatic N) is 3. The highest BCUT2D eigenvalue weighted by Gasteiger charge is 2.33. The standard InChI is InChI=1S/C16H24N4S/c1-16(2)11-20(7-6-14(16)17)10-12-9-19(3)18-15(12)13-5-4-8-21-13/h4-5,8-9,14H,6-7,10-11,17H2,1-3H3. The quantitative estimate of drug-likeness (QED) is 0.948. The summed E-state index contributed by atoms with van der Waals surface area (Å²) in [7, 11) is 2.00. The smallest absolute Gasteiger partial charge is 0.107 e. The number of nitrogens with two attached hydrogens (primary N) is 1. The number of thiophene rings is 1. The summed E-state index contributed by atoms with van der Waals surface area (Å²) in [6.45, 7) is 7.62. The first kappa shape index (κ1) is 14.8. The molecule has 2 aromatic rings. The van der Waals surface area contributed by atoms with Gasteiger partial charge in [-0.3, -0.25) is 9.58 Å². The minimum atomic E-state index is 0.184. The molecule has 0 aromatic carbocycles. The number of rotatable bonds is 3. The van der Waals surface area contributed by atoms with Gasteiger partial charge < -0.3 is 5.73 Å². The van der Waals surface area contributed by atoms with Crippen LogP contribution in [0.2, 0.25) is 0 Å². The summed E-state index contributed by atoms with van der Waals surface area (Å²) >= 11 is 1.75. The molecular formula is C16H24N4S. The Hall–Kier alpha value is -1.17. The zero-order chi connectivity index (χ0) is 15.0. The molecule has 1 fully saturated rings. The van der Waals surface area contributed by atoms with Gasteiger partial charge in [0.1, 0.15) is 5.69 Å². The second-order valence-electron chi connectivity index (χ2n) is 6.75. The summed E-state index contributed by atoms with van der Waals surface area (Å²) in [5.41, 5.74) is 8.86. The minimum Gasteiger partial charge on any atom is -0.327 e. The fourth-order valence-corrected chi connectivity index (χ4v) is 3.88. The maximum atomic E-state index is 6.24. The lowest BCUT2D eigenvalue weighted by Gasteiger charge is -2.42.